The molecule has 0 aliphatic heterocycles. The number of fused-ring (bicyclic) bond motifs is 3. The van der Waals surface area contributed by atoms with Gasteiger partial charge in [-0.25, -0.2) is 0 Å². The van der Waals surface area contributed by atoms with E-state index in [9.17, 15) is 9.59 Å². The predicted molar refractivity (Wildman–Crippen MR) is 95.4 cm³/mol. The number of allylic oxidation sites excluding steroid dienone is 1. The van der Waals surface area contributed by atoms with Gasteiger partial charge in [-0.15, -0.1) is 0 Å². The van der Waals surface area contributed by atoms with Crippen LogP contribution in [0.2, 0.25) is 0 Å². The molecule has 4 atom stereocenters. The summed E-state index contributed by atoms with van der Waals surface area (Å²) in [7, 11) is 0. The minimum Gasteiger partial charge on any atom is -0.324 e. The summed E-state index contributed by atoms with van der Waals surface area (Å²) in [5.41, 5.74) is 13.6. The Labute approximate surface area is 145 Å². The highest BCUT2D eigenvalue weighted by molar-refractivity contribution is 5.89. The van der Waals surface area contributed by atoms with Crippen LogP contribution in [0.25, 0.3) is 0 Å². The van der Waals surface area contributed by atoms with Gasteiger partial charge in [0.2, 0.25) is 0 Å². The van der Waals surface area contributed by atoms with Gasteiger partial charge < -0.3 is 11.5 Å². The number of carbonyl (C=O) groups is 2. The van der Waals surface area contributed by atoms with E-state index in [1.165, 1.54) is 5.57 Å². The van der Waals surface area contributed by atoms with Crippen molar-refractivity contribution < 1.29 is 9.59 Å². The fraction of sp³-hybridized carbons (Fsp3) is 0.800. The van der Waals surface area contributed by atoms with Crippen molar-refractivity contribution in [2.45, 2.75) is 89.1 Å². The van der Waals surface area contributed by atoms with Gasteiger partial charge in [0.15, 0.2) is 0 Å². The van der Waals surface area contributed by atoms with E-state index < -0.39 is 11.0 Å². The Bertz CT molecular complexity index is 584. The SMILES string of the molecule is CCCCC(=O)CC1=CC[C@H]2C(N)(CC[C@]3(C)C(=O)CC[C@@]23N)C1. The van der Waals surface area contributed by atoms with Gasteiger partial charge in [0.05, 0.1) is 0 Å². The molecule has 0 amide bonds. The lowest BCUT2D eigenvalue weighted by molar-refractivity contribution is -0.131. The molecule has 3 aliphatic rings. The van der Waals surface area contributed by atoms with Crippen molar-refractivity contribution in [2.75, 3.05) is 0 Å². The minimum absolute atomic E-state index is 0.143. The highest BCUT2D eigenvalue weighted by Gasteiger charge is 2.65. The molecular formula is C20H32N2O2. The largest absolute Gasteiger partial charge is 0.324 e. The van der Waals surface area contributed by atoms with Crippen LogP contribution in [-0.4, -0.2) is 22.6 Å². The maximum Gasteiger partial charge on any atom is 0.140 e. The maximum absolute atomic E-state index is 12.4. The summed E-state index contributed by atoms with van der Waals surface area (Å²) < 4.78 is 0. The third kappa shape index (κ3) is 2.59. The molecule has 0 heterocycles. The number of carbonyl (C=O) groups excluding carboxylic acids is 2. The number of nitrogens with two attached hydrogens (primary N) is 2. The zero-order valence-electron chi connectivity index (χ0n) is 15.2. The molecule has 0 saturated heterocycles. The number of rotatable bonds is 5. The minimum atomic E-state index is -0.481. The van der Waals surface area contributed by atoms with Crippen molar-refractivity contribution in [3.05, 3.63) is 11.6 Å². The molecule has 2 saturated carbocycles. The topological polar surface area (TPSA) is 86.2 Å². The van der Waals surface area contributed by atoms with E-state index in [0.29, 0.717) is 30.8 Å². The van der Waals surface area contributed by atoms with Gasteiger partial charge in [0.25, 0.3) is 0 Å². The van der Waals surface area contributed by atoms with Crippen LogP contribution in [0.15, 0.2) is 11.6 Å². The smallest absolute Gasteiger partial charge is 0.140 e. The first-order valence-corrected chi connectivity index (χ1v) is 9.56. The summed E-state index contributed by atoms with van der Waals surface area (Å²) in [5, 5.41) is 0. The van der Waals surface area contributed by atoms with Gasteiger partial charge in [-0.05, 0) is 44.4 Å². The lowest BCUT2D eigenvalue weighted by Crippen LogP contribution is -2.70. The Kier molecular flexibility index (Phi) is 4.50. The Balaban J connectivity index is 1.78. The average molecular weight is 332 g/mol. The molecule has 0 aromatic carbocycles. The first-order valence-electron chi connectivity index (χ1n) is 9.56. The molecule has 4 nitrogen and oxygen atoms in total. The van der Waals surface area contributed by atoms with Gasteiger partial charge >= 0.3 is 0 Å². The third-order valence-corrected chi connectivity index (χ3v) is 7.25. The number of ketones is 2. The molecule has 24 heavy (non-hydrogen) atoms. The van der Waals surface area contributed by atoms with Crippen molar-refractivity contribution in [3.63, 3.8) is 0 Å². The van der Waals surface area contributed by atoms with Gasteiger partial charge in [0, 0.05) is 35.8 Å². The van der Waals surface area contributed by atoms with E-state index >= 15 is 0 Å². The Morgan fingerprint density at radius 2 is 2.04 bits per heavy atom. The van der Waals surface area contributed by atoms with Gasteiger partial charge in [0.1, 0.15) is 11.6 Å². The summed E-state index contributed by atoms with van der Waals surface area (Å²) in [6.07, 6.45) is 9.96. The number of Topliss-reactive ketones (excluding diaryl/α,β-unsaturated/α-hetero) is 2. The summed E-state index contributed by atoms with van der Waals surface area (Å²) in [5.74, 6) is 0.783. The molecule has 1 unspecified atom stereocenters. The van der Waals surface area contributed by atoms with Crippen LogP contribution in [0.5, 0.6) is 0 Å². The van der Waals surface area contributed by atoms with Crippen molar-refractivity contribution in [1.29, 1.82) is 0 Å². The predicted octanol–water partition coefficient (Wildman–Crippen LogP) is 3.03. The zero-order chi connectivity index (χ0) is 17.6. The van der Waals surface area contributed by atoms with E-state index in [1.54, 1.807) is 0 Å². The molecule has 3 rings (SSSR count). The monoisotopic (exact) mass is 332 g/mol. The number of unbranched alkanes of at least 4 members (excludes halogenated alkanes) is 1. The lowest BCUT2D eigenvalue weighted by atomic mass is 9.50. The van der Waals surface area contributed by atoms with Crippen molar-refractivity contribution in [3.8, 4) is 0 Å². The first kappa shape index (κ1) is 17.8. The lowest BCUT2D eigenvalue weighted by Gasteiger charge is -2.58. The highest BCUT2D eigenvalue weighted by Crippen LogP contribution is 2.59. The van der Waals surface area contributed by atoms with Crippen molar-refractivity contribution in [2.24, 2.45) is 22.8 Å². The average Bonchev–Trinajstić information content (AvgIpc) is 2.77. The second kappa shape index (κ2) is 6.06. The van der Waals surface area contributed by atoms with E-state index in [-0.39, 0.29) is 11.5 Å². The van der Waals surface area contributed by atoms with E-state index in [4.69, 9.17) is 11.5 Å². The molecule has 4 N–H and O–H groups in total. The summed E-state index contributed by atoms with van der Waals surface area (Å²) >= 11 is 0. The van der Waals surface area contributed by atoms with Crippen LogP contribution < -0.4 is 11.5 Å². The summed E-state index contributed by atoms with van der Waals surface area (Å²) in [4.78, 5) is 24.6. The molecule has 134 valence electrons. The quantitative estimate of drug-likeness (QED) is 0.758. The van der Waals surface area contributed by atoms with Crippen LogP contribution >= 0.6 is 0 Å². The van der Waals surface area contributed by atoms with Crippen LogP contribution in [-0.2, 0) is 9.59 Å². The molecule has 3 aliphatic carbocycles. The molecule has 0 radical (unpaired) electrons. The Morgan fingerprint density at radius 3 is 2.75 bits per heavy atom. The Morgan fingerprint density at radius 1 is 1.29 bits per heavy atom. The molecular weight excluding hydrogens is 300 g/mol. The normalized spacial score (nSPS) is 41.6. The second-order valence-corrected chi connectivity index (χ2v) is 8.68. The van der Waals surface area contributed by atoms with Crippen molar-refractivity contribution >= 4 is 11.6 Å². The Hall–Kier alpha value is -1.00. The van der Waals surface area contributed by atoms with Gasteiger partial charge in [-0.1, -0.05) is 31.9 Å². The molecule has 0 spiro atoms. The van der Waals surface area contributed by atoms with Crippen molar-refractivity contribution in [1.82, 2.24) is 0 Å². The van der Waals surface area contributed by atoms with Crippen LogP contribution in [0.3, 0.4) is 0 Å². The maximum atomic E-state index is 12.4. The van der Waals surface area contributed by atoms with Gasteiger partial charge in [-0.2, -0.15) is 0 Å². The summed E-state index contributed by atoms with van der Waals surface area (Å²) in [6.45, 7) is 4.16. The highest BCUT2D eigenvalue weighted by atomic mass is 16.1. The van der Waals surface area contributed by atoms with Crippen LogP contribution in [0.4, 0.5) is 0 Å². The fourth-order valence-electron chi connectivity index (χ4n) is 5.52. The third-order valence-electron chi connectivity index (χ3n) is 7.25. The van der Waals surface area contributed by atoms with E-state index in [1.807, 2.05) is 0 Å². The van der Waals surface area contributed by atoms with E-state index in [2.05, 4.69) is 19.9 Å². The van der Waals surface area contributed by atoms with E-state index in [0.717, 1.165) is 44.9 Å². The van der Waals surface area contributed by atoms with Crippen LogP contribution in [0, 0.1) is 11.3 Å². The fourth-order valence-corrected chi connectivity index (χ4v) is 5.52. The molecule has 0 aromatic rings. The number of hydrogen-bond acceptors (Lipinski definition) is 4. The molecule has 0 bridgehead atoms. The molecule has 0 aromatic heterocycles. The van der Waals surface area contributed by atoms with Gasteiger partial charge in [-0.3, -0.25) is 9.59 Å². The molecule has 2 fully saturated rings. The molecule has 4 heteroatoms. The van der Waals surface area contributed by atoms with Crippen LogP contribution in [0.1, 0.15) is 78.1 Å². The number of hydrogen-bond donors (Lipinski definition) is 2. The second-order valence-electron chi connectivity index (χ2n) is 8.68. The summed E-state index contributed by atoms with van der Waals surface area (Å²) in [6, 6.07) is 0. The zero-order valence-corrected chi connectivity index (χ0v) is 15.2. The standard InChI is InChI=1S/C20H32N2O2/c1-3-4-5-15(23)12-14-6-7-16-19(21,13-14)11-10-18(2)17(24)8-9-20(16,18)22/h6,16H,3-5,7-13,21-22H2,1-2H3/t16-,18+,19?,20+/m0/s1. The first-order chi connectivity index (χ1) is 11.2.